The number of hydrogen-bond acceptors (Lipinski definition) is 4. The predicted octanol–water partition coefficient (Wildman–Crippen LogP) is 3.46. The lowest BCUT2D eigenvalue weighted by Gasteiger charge is -2.30. The third kappa shape index (κ3) is 5.61. The molecule has 0 unspecified atom stereocenters. The smallest absolute Gasteiger partial charge is 0.270 e. The van der Waals surface area contributed by atoms with Gasteiger partial charge in [0.1, 0.15) is 0 Å². The van der Waals surface area contributed by atoms with E-state index in [1.54, 1.807) is 6.07 Å². The largest absolute Gasteiger partial charge is 0.311 e. The first-order chi connectivity index (χ1) is 9.82. The summed E-state index contributed by atoms with van der Waals surface area (Å²) in [5.74, 6) is 0. The Balaban J connectivity index is 2.47. The Bertz CT molecular complexity index is 470. The number of hydrogen-bond donors (Lipinski definition) is 1. The molecule has 0 aliphatic heterocycles. The Morgan fingerprint density at radius 1 is 1.29 bits per heavy atom. The van der Waals surface area contributed by atoms with Crippen molar-refractivity contribution in [1.82, 2.24) is 10.2 Å². The second-order valence-corrected chi connectivity index (χ2v) is 6.04. The topological polar surface area (TPSA) is 58.4 Å². The van der Waals surface area contributed by atoms with Crippen molar-refractivity contribution < 1.29 is 4.92 Å². The van der Waals surface area contributed by atoms with Crippen LogP contribution in [-0.4, -0.2) is 35.0 Å². The van der Waals surface area contributed by atoms with Crippen LogP contribution in [0.5, 0.6) is 0 Å². The molecule has 0 saturated heterocycles. The SMILES string of the molecule is CC(C)N(CCNCc1ccc([N+](=O)[O-])cc1Cl)C(C)C. The molecule has 0 saturated carbocycles. The number of non-ortho nitro benzene ring substituents is 1. The first kappa shape index (κ1) is 17.9. The quantitative estimate of drug-likeness (QED) is 0.453. The first-order valence-corrected chi connectivity index (χ1v) is 7.60. The molecule has 1 N–H and O–H groups in total. The zero-order valence-electron chi connectivity index (χ0n) is 13.1. The monoisotopic (exact) mass is 313 g/mol. The molecule has 0 amide bonds. The second-order valence-electron chi connectivity index (χ2n) is 5.63. The van der Waals surface area contributed by atoms with Gasteiger partial charge in [0.2, 0.25) is 0 Å². The highest BCUT2D eigenvalue weighted by atomic mass is 35.5. The van der Waals surface area contributed by atoms with Gasteiger partial charge in [-0.3, -0.25) is 15.0 Å². The van der Waals surface area contributed by atoms with Crippen LogP contribution in [0.2, 0.25) is 5.02 Å². The van der Waals surface area contributed by atoms with Gasteiger partial charge in [0.05, 0.1) is 9.95 Å². The highest BCUT2D eigenvalue weighted by Gasteiger charge is 2.13. The van der Waals surface area contributed by atoms with Crippen LogP contribution in [0.1, 0.15) is 33.3 Å². The Hall–Kier alpha value is -1.17. The summed E-state index contributed by atoms with van der Waals surface area (Å²) >= 11 is 6.06. The molecule has 0 spiro atoms. The molecule has 0 atom stereocenters. The molecule has 0 radical (unpaired) electrons. The van der Waals surface area contributed by atoms with Crippen LogP contribution in [-0.2, 0) is 6.54 Å². The fourth-order valence-electron chi connectivity index (χ4n) is 2.34. The number of nitro benzene ring substituents is 1. The van der Waals surface area contributed by atoms with E-state index in [0.717, 1.165) is 18.7 Å². The van der Waals surface area contributed by atoms with Gasteiger partial charge in [0, 0.05) is 43.9 Å². The molecule has 21 heavy (non-hydrogen) atoms. The van der Waals surface area contributed by atoms with Crippen molar-refractivity contribution in [3.8, 4) is 0 Å². The molecule has 1 aromatic rings. The van der Waals surface area contributed by atoms with E-state index in [1.165, 1.54) is 12.1 Å². The minimum absolute atomic E-state index is 0.0227. The van der Waals surface area contributed by atoms with Crippen molar-refractivity contribution in [3.05, 3.63) is 38.9 Å². The van der Waals surface area contributed by atoms with Gasteiger partial charge >= 0.3 is 0 Å². The Morgan fingerprint density at radius 3 is 2.38 bits per heavy atom. The molecular formula is C15H24ClN3O2. The van der Waals surface area contributed by atoms with E-state index >= 15 is 0 Å². The number of nitrogens with zero attached hydrogens (tertiary/aromatic N) is 2. The highest BCUT2D eigenvalue weighted by molar-refractivity contribution is 6.31. The lowest BCUT2D eigenvalue weighted by molar-refractivity contribution is -0.384. The van der Waals surface area contributed by atoms with Crippen molar-refractivity contribution in [2.24, 2.45) is 0 Å². The van der Waals surface area contributed by atoms with Crippen LogP contribution in [0.25, 0.3) is 0 Å². The van der Waals surface area contributed by atoms with E-state index in [-0.39, 0.29) is 5.69 Å². The molecule has 0 fully saturated rings. The van der Waals surface area contributed by atoms with Gasteiger partial charge < -0.3 is 5.32 Å². The minimum atomic E-state index is -0.438. The molecule has 1 rings (SSSR count). The van der Waals surface area contributed by atoms with E-state index in [2.05, 4.69) is 37.9 Å². The summed E-state index contributed by atoms with van der Waals surface area (Å²) in [4.78, 5) is 12.6. The third-order valence-corrected chi connectivity index (χ3v) is 3.79. The molecule has 0 aromatic heterocycles. The van der Waals surface area contributed by atoms with E-state index in [1.807, 2.05) is 0 Å². The summed E-state index contributed by atoms with van der Waals surface area (Å²) in [6, 6.07) is 5.60. The van der Waals surface area contributed by atoms with Gasteiger partial charge in [0.25, 0.3) is 5.69 Å². The zero-order chi connectivity index (χ0) is 16.0. The number of rotatable bonds is 8. The van der Waals surface area contributed by atoms with Crippen LogP contribution < -0.4 is 5.32 Å². The first-order valence-electron chi connectivity index (χ1n) is 7.22. The predicted molar refractivity (Wildman–Crippen MR) is 86.8 cm³/mol. The van der Waals surface area contributed by atoms with E-state index in [9.17, 15) is 10.1 Å². The number of benzene rings is 1. The van der Waals surface area contributed by atoms with Crippen LogP contribution in [0, 0.1) is 10.1 Å². The molecule has 0 aliphatic carbocycles. The second kappa shape index (κ2) is 8.32. The van der Waals surface area contributed by atoms with Crippen molar-refractivity contribution in [3.63, 3.8) is 0 Å². The number of halogens is 1. The summed E-state index contributed by atoms with van der Waals surface area (Å²) in [7, 11) is 0. The fourth-order valence-corrected chi connectivity index (χ4v) is 2.58. The van der Waals surface area contributed by atoms with Gasteiger partial charge in [-0.2, -0.15) is 0 Å². The summed E-state index contributed by atoms with van der Waals surface area (Å²) in [5.41, 5.74) is 0.900. The maximum Gasteiger partial charge on any atom is 0.270 e. The van der Waals surface area contributed by atoms with Crippen molar-refractivity contribution in [2.45, 2.75) is 46.3 Å². The molecule has 6 heteroatoms. The van der Waals surface area contributed by atoms with Gasteiger partial charge in [-0.1, -0.05) is 11.6 Å². The summed E-state index contributed by atoms with van der Waals surface area (Å²) in [6.45, 7) is 11.2. The molecule has 0 bridgehead atoms. The van der Waals surface area contributed by atoms with E-state index in [4.69, 9.17) is 11.6 Å². The lowest BCUT2D eigenvalue weighted by Crippen LogP contribution is -2.41. The van der Waals surface area contributed by atoms with Crippen LogP contribution in [0.3, 0.4) is 0 Å². The minimum Gasteiger partial charge on any atom is -0.311 e. The average Bonchev–Trinajstić information content (AvgIpc) is 2.38. The van der Waals surface area contributed by atoms with Crippen molar-refractivity contribution >= 4 is 17.3 Å². The fraction of sp³-hybridized carbons (Fsp3) is 0.600. The molecule has 118 valence electrons. The normalized spacial score (nSPS) is 11.6. The molecule has 5 nitrogen and oxygen atoms in total. The van der Waals surface area contributed by atoms with Gasteiger partial charge in [-0.25, -0.2) is 0 Å². The Labute approximate surface area is 131 Å². The standard InChI is InChI=1S/C15H24ClN3O2/c1-11(2)18(12(3)4)8-7-17-10-13-5-6-14(19(20)21)9-15(13)16/h5-6,9,11-12,17H,7-8,10H2,1-4H3. The average molecular weight is 314 g/mol. The van der Waals surface area contributed by atoms with Gasteiger partial charge in [-0.05, 0) is 39.3 Å². The van der Waals surface area contributed by atoms with E-state index < -0.39 is 4.92 Å². The maximum atomic E-state index is 10.7. The van der Waals surface area contributed by atoms with Crippen molar-refractivity contribution in [1.29, 1.82) is 0 Å². The highest BCUT2D eigenvalue weighted by Crippen LogP contribution is 2.22. The molecule has 0 aliphatic rings. The van der Waals surface area contributed by atoms with E-state index in [0.29, 0.717) is 23.7 Å². The molecule has 0 heterocycles. The Kier molecular flexibility index (Phi) is 7.08. The van der Waals surface area contributed by atoms with Crippen LogP contribution in [0.15, 0.2) is 18.2 Å². The summed E-state index contributed by atoms with van der Waals surface area (Å²) in [5, 5.41) is 14.4. The number of nitrogens with one attached hydrogen (secondary N) is 1. The van der Waals surface area contributed by atoms with Gasteiger partial charge in [-0.15, -0.1) is 0 Å². The van der Waals surface area contributed by atoms with Gasteiger partial charge in [0.15, 0.2) is 0 Å². The van der Waals surface area contributed by atoms with Crippen LogP contribution >= 0.6 is 11.6 Å². The zero-order valence-corrected chi connectivity index (χ0v) is 13.9. The summed E-state index contributed by atoms with van der Waals surface area (Å²) < 4.78 is 0. The molecule has 1 aromatic carbocycles. The van der Waals surface area contributed by atoms with Crippen molar-refractivity contribution in [2.75, 3.05) is 13.1 Å². The third-order valence-electron chi connectivity index (χ3n) is 3.44. The molecular weight excluding hydrogens is 290 g/mol. The maximum absolute atomic E-state index is 10.7. The summed E-state index contributed by atoms with van der Waals surface area (Å²) in [6.07, 6.45) is 0. The van der Waals surface area contributed by atoms with Crippen LogP contribution in [0.4, 0.5) is 5.69 Å². The lowest BCUT2D eigenvalue weighted by atomic mass is 10.2. The number of nitro groups is 1. The Morgan fingerprint density at radius 2 is 1.90 bits per heavy atom.